The third-order valence-electron chi connectivity index (χ3n) is 13.9. The number of carbonyl (C=O) groups is 2. The van der Waals surface area contributed by atoms with Gasteiger partial charge in [0.25, 0.3) is 0 Å². The number of allylic oxidation sites excluding steroid dienone is 5. The first-order valence-corrected chi connectivity index (χ1v) is 26.8. The predicted octanol–water partition coefficient (Wildman–Crippen LogP) is 11.6. The zero-order valence-corrected chi connectivity index (χ0v) is 40.2. The summed E-state index contributed by atoms with van der Waals surface area (Å²) in [4.78, 5) is 28.1. The zero-order valence-electron chi connectivity index (χ0n) is 38.2. The van der Waals surface area contributed by atoms with Crippen molar-refractivity contribution in [1.82, 2.24) is 0 Å². The van der Waals surface area contributed by atoms with Gasteiger partial charge in [0, 0.05) is 11.8 Å². The van der Waals surface area contributed by atoms with Crippen molar-refractivity contribution < 1.29 is 37.4 Å². The molecule has 4 aliphatic carbocycles. The minimum Gasteiger partial charge on any atom is -0.456 e. The maximum atomic E-state index is 14.2. The van der Waals surface area contributed by atoms with E-state index >= 15 is 0 Å². The van der Waals surface area contributed by atoms with E-state index in [1.807, 2.05) is 41.5 Å². The Hall–Kier alpha value is -1.57. The second kappa shape index (κ2) is 15.6. The number of carbonyl (C=O) groups excluding carboxylic acids is 2. The van der Waals surface area contributed by atoms with Crippen LogP contribution in [0.25, 0.3) is 0 Å². The van der Waals surface area contributed by atoms with Crippen LogP contribution in [-0.2, 0) is 37.4 Å². The molecule has 0 aromatic rings. The van der Waals surface area contributed by atoms with Gasteiger partial charge in [-0.15, -0.1) is 0 Å². The van der Waals surface area contributed by atoms with E-state index < -0.39 is 70.0 Å². The number of hydrogen-bond donors (Lipinski definition) is 0. The Morgan fingerprint density at radius 2 is 1.25 bits per heavy atom. The Kier molecular flexibility index (Phi) is 13.0. The van der Waals surface area contributed by atoms with Gasteiger partial charge < -0.3 is 27.8 Å². The molecule has 314 valence electrons. The summed E-state index contributed by atoms with van der Waals surface area (Å²) >= 11 is 0. The van der Waals surface area contributed by atoms with E-state index in [9.17, 15) is 9.59 Å². The van der Waals surface area contributed by atoms with Crippen LogP contribution >= 0.6 is 0 Å². The van der Waals surface area contributed by atoms with Crippen LogP contribution in [0.1, 0.15) is 142 Å². The van der Waals surface area contributed by atoms with E-state index in [1.54, 1.807) is 5.57 Å². The van der Waals surface area contributed by atoms with Crippen LogP contribution in [0.5, 0.6) is 0 Å². The second-order valence-corrected chi connectivity index (χ2v) is 31.8. The van der Waals surface area contributed by atoms with Crippen molar-refractivity contribution in [3.63, 3.8) is 0 Å². The van der Waals surface area contributed by atoms with Crippen LogP contribution in [0.3, 0.4) is 0 Å². The van der Waals surface area contributed by atoms with Crippen molar-refractivity contribution in [2.24, 2.45) is 22.7 Å². The number of rotatable bonds is 11. The molecule has 0 aliphatic heterocycles. The highest BCUT2D eigenvalue weighted by Gasteiger charge is 2.59. The summed E-state index contributed by atoms with van der Waals surface area (Å²) in [5.41, 5.74) is 2.53. The molecule has 0 amide bonds. The lowest BCUT2D eigenvalue weighted by Crippen LogP contribution is -2.57. The number of ether oxygens (including phenoxy) is 4. The van der Waals surface area contributed by atoms with Gasteiger partial charge in [0.1, 0.15) is 11.2 Å². The molecule has 4 rings (SSSR count). The van der Waals surface area contributed by atoms with E-state index in [2.05, 4.69) is 107 Å². The van der Waals surface area contributed by atoms with Crippen LogP contribution in [0, 0.1) is 22.7 Å². The first-order chi connectivity index (χ1) is 24.8. The van der Waals surface area contributed by atoms with Crippen LogP contribution in [0.2, 0.25) is 36.3 Å². The molecule has 0 spiro atoms. The van der Waals surface area contributed by atoms with Crippen LogP contribution in [0.15, 0.2) is 34.9 Å². The number of hydrogen-bond acceptors (Lipinski definition) is 8. The lowest BCUT2D eigenvalue weighted by atomic mass is 9.49. The monoisotopic (exact) mass is 803 g/mol. The van der Waals surface area contributed by atoms with Gasteiger partial charge in [0.15, 0.2) is 16.6 Å². The van der Waals surface area contributed by atoms with Gasteiger partial charge in [0.05, 0.1) is 12.2 Å². The highest BCUT2D eigenvalue weighted by atomic mass is 28.4. The Morgan fingerprint density at radius 3 is 1.71 bits per heavy atom. The topological polar surface area (TPSA) is 89.5 Å². The Bertz CT molecular complexity index is 1530. The van der Waals surface area contributed by atoms with E-state index in [4.69, 9.17) is 27.8 Å². The van der Waals surface area contributed by atoms with Crippen molar-refractivity contribution in [3.8, 4) is 0 Å². The smallest absolute Gasteiger partial charge is 0.363 e. The van der Waals surface area contributed by atoms with Gasteiger partial charge in [-0.2, -0.15) is 0 Å². The summed E-state index contributed by atoms with van der Waals surface area (Å²) in [5, 5.41) is -0.336. The Morgan fingerprint density at radius 1 is 0.764 bits per heavy atom. The minimum atomic E-state index is -2.52. The SMILES string of the molecule is CCC1=CC[C@H]2C3=CC=C4CC(OC(O[Si](C)(C)C(C)(C)C)C(=O)OC(C)(C)C)CC(OC(O[Si](C)(C)C(C)(C)C)C(=O)OC(C)(C)C)[C@]4(C)[C@H]3CC[C@]12C. The lowest BCUT2D eigenvalue weighted by molar-refractivity contribution is -0.227. The highest BCUT2D eigenvalue weighted by molar-refractivity contribution is 6.74. The van der Waals surface area contributed by atoms with Crippen molar-refractivity contribution in [1.29, 1.82) is 0 Å². The summed E-state index contributed by atoms with van der Waals surface area (Å²) in [6, 6.07) is 0. The fourth-order valence-corrected chi connectivity index (χ4v) is 10.8. The van der Waals surface area contributed by atoms with Crippen molar-refractivity contribution in [2.45, 2.75) is 215 Å². The van der Waals surface area contributed by atoms with E-state index in [0.29, 0.717) is 18.8 Å². The molecule has 0 bridgehead atoms. The summed E-state index contributed by atoms with van der Waals surface area (Å²) in [5.74, 6) is -0.385. The summed E-state index contributed by atoms with van der Waals surface area (Å²) in [7, 11) is -5.01. The standard InChI is InChI=1S/C45H78O8Si2/c1-20-29-22-24-33-32-23-21-30-27-31(48-38(36(46)50-40(2,3)4)52-54(16,17)42(8,9)10)28-35(45(30,15)34(32)25-26-44(29,33)14)49-39(37(47)51-41(5,6)7)53-55(18,19)43(11,12)13/h21-23,31,33-35,38-39H,20,24-28H2,1-19H3/t31?,33-,34-,35?,38?,39?,44+,45-/m0/s1. The fraction of sp³-hybridized carbons (Fsp3) is 0.822. The second-order valence-electron chi connectivity index (χ2n) is 22.3. The predicted molar refractivity (Wildman–Crippen MR) is 226 cm³/mol. The van der Waals surface area contributed by atoms with Crippen LogP contribution < -0.4 is 0 Å². The van der Waals surface area contributed by atoms with Gasteiger partial charge in [0.2, 0.25) is 12.6 Å². The van der Waals surface area contributed by atoms with Gasteiger partial charge >= 0.3 is 11.9 Å². The van der Waals surface area contributed by atoms with Gasteiger partial charge in [-0.1, -0.05) is 97.3 Å². The van der Waals surface area contributed by atoms with E-state index in [-0.39, 0.29) is 21.4 Å². The molecular formula is C45H78O8Si2. The molecule has 0 N–H and O–H groups in total. The van der Waals surface area contributed by atoms with Crippen molar-refractivity contribution in [2.75, 3.05) is 0 Å². The number of fused-ring (bicyclic) bond motifs is 5. The molecule has 0 aromatic carbocycles. The molecule has 8 atom stereocenters. The molecule has 4 unspecified atom stereocenters. The molecular weight excluding hydrogens is 725 g/mol. The molecule has 4 aliphatic rings. The highest BCUT2D eigenvalue weighted by Crippen LogP contribution is 2.64. The normalized spacial score (nSPS) is 30.2. The lowest BCUT2D eigenvalue weighted by Gasteiger charge is -2.57. The largest absolute Gasteiger partial charge is 0.456 e. The number of esters is 2. The summed E-state index contributed by atoms with van der Waals surface area (Å²) in [6.45, 7) is 39.7. The maximum Gasteiger partial charge on any atom is 0.363 e. The molecule has 0 radical (unpaired) electrons. The van der Waals surface area contributed by atoms with Crippen molar-refractivity contribution in [3.05, 3.63) is 34.9 Å². The molecule has 8 nitrogen and oxygen atoms in total. The third-order valence-corrected chi connectivity index (χ3v) is 22.8. The summed E-state index contributed by atoms with van der Waals surface area (Å²) in [6.07, 6.45) is 9.10. The first-order valence-electron chi connectivity index (χ1n) is 21.0. The van der Waals surface area contributed by atoms with Gasteiger partial charge in [-0.25, -0.2) is 9.59 Å². The molecule has 0 heterocycles. The average Bonchev–Trinajstić information content (AvgIpc) is 3.34. The third kappa shape index (κ3) is 9.84. The van der Waals surface area contributed by atoms with Gasteiger partial charge in [-0.05, 0) is 127 Å². The average molecular weight is 803 g/mol. The molecule has 2 saturated carbocycles. The maximum absolute atomic E-state index is 14.2. The van der Waals surface area contributed by atoms with Crippen molar-refractivity contribution >= 4 is 28.6 Å². The molecule has 10 heteroatoms. The zero-order chi connectivity index (χ0) is 42.0. The molecule has 0 saturated heterocycles. The Labute approximate surface area is 337 Å². The first kappa shape index (κ1) is 46.1. The summed E-state index contributed by atoms with van der Waals surface area (Å²) < 4.78 is 39.5. The minimum absolute atomic E-state index is 0.154. The van der Waals surface area contributed by atoms with E-state index in [1.165, 1.54) is 11.1 Å². The Balaban J connectivity index is 1.82. The molecule has 0 aromatic heterocycles. The van der Waals surface area contributed by atoms with E-state index in [0.717, 1.165) is 25.7 Å². The molecule has 2 fully saturated rings. The van der Waals surface area contributed by atoms with Crippen LogP contribution in [0.4, 0.5) is 0 Å². The van der Waals surface area contributed by atoms with Crippen LogP contribution in [-0.4, -0.2) is 64.6 Å². The fourth-order valence-electron chi connectivity index (χ4n) is 8.70. The quantitative estimate of drug-likeness (QED) is 0.0883. The molecule has 55 heavy (non-hydrogen) atoms. The van der Waals surface area contributed by atoms with Gasteiger partial charge in [-0.3, -0.25) is 0 Å².